The average molecular weight is 290 g/mol. The predicted molar refractivity (Wildman–Crippen MR) is 79.7 cm³/mol. The van der Waals surface area contributed by atoms with Crippen molar-refractivity contribution in [2.45, 2.75) is 52.8 Å². The minimum atomic E-state index is -0.508. The van der Waals surface area contributed by atoms with Gasteiger partial charge in [0, 0.05) is 5.41 Å². The van der Waals surface area contributed by atoms with Crippen molar-refractivity contribution in [2.75, 3.05) is 0 Å². The Labute approximate surface area is 125 Å². The van der Waals surface area contributed by atoms with Crippen LogP contribution < -0.4 is 0 Å². The van der Waals surface area contributed by atoms with Crippen molar-refractivity contribution in [1.29, 1.82) is 0 Å². The summed E-state index contributed by atoms with van der Waals surface area (Å²) in [6.45, 7) is 6.35. The van der Waals surface area contributed by atoms with E-state index in [0.29, 0.717) is 17.0 Å². The lowest BCUT2D eigenvalue weighted by atomic mass is 9.70. The third kappa shape index (κ3) is 2.09. The minimum absolute atomic E-state index is 0.000369. The van der Waals surface area contributed by atoms with E-state index in [4.69, 9.17) is 4.74 Å². The summed E-state index contributed by atoms with van der Waals surface area (Å²) >= 11 is 0. The van der Waals surface area contributed by atoms with Gasteiger partial charge in [0.25, 0.3) is 0 Å². The number of hydrogen-bond donors (Lipinski definition) is 0. The zero-order valence-electron chi connectivity index (χ0n) is 13.0. The predicted octanol–water partition coefficient (Wildman–Crippen LogP) is 4.53. The monoisotopic (exact) mass is 290 g/mol. The van der Waals surface area contributed by atoms with Crippen molar-refractivity contribution in [3.05, 3.63) is 35.4 Å². The molecule has 21 heavy (non-hydrogen) atoms. The van der Waals surface area contributed by atoms with Crippen LogP contribution in [0.1, 0.15) is 56.0 Å². The zero-order valence-corrected chi connectivity index (χ0v) is 13.0. The fraction of sp³-hybridized carbons (Fsp3) is 0.611. The maximum absolute atomic E-state index is 12.5. The Balaban J connectivity index is 1.74. The molecular weight excluding hydrogens is 267 g/mol. The van der Waals surface area contributed by atoms with Crippen LogP contribution in [-0.4, -0.2) is 12.1 Å². The van der Waals surface area contributed by atoms with Crippen LogP contribution >= 0.6 is 0 Å². The Hall–Kier alpha value is -1.38. The van der Waals surface area contributed by atoms with Gasteiger partial charge in [0.2, 0.25) is 0 Å². The Morgan fingerprint density at radius 1 is 1.29 bits per heavy atom. The standard InChI is InChI=1S/C18H23FO2/c1-17(2)14-8-9-18(17,3)15(10-14)21-16(20)13-6-4-12(11-19)5-7-13/h4-7,14-15H,8-11H2,1-3H3. The lowest BCUT2D eigenvalue weighted by Crippen LogP contribution is -2.38. The number of benzene rings is 1. The van der Waals surface area contributed by atoms with Gasteiger partial charge in [-0.15, -0.1) is 0 Å². The van der Waals surface area contributed by atoms with E-state index in [0.717, 1.165) is 12.8 Å². The highest BCUT2D eigenvalue weighted by molar-refractivity contribution is 5.89. The molecule has 0 spiro atoms. The first-order valence-electron chi connectivity index (χ1n) is 7.74. The Morgan fingerprint density at radius 2 is 1.95 bits per heavy atom. The van der Waals surface area contributed by atoms with E-state index in [1.807, 2.05) is 0 Å². The van der Waals surface area contributed by atoms with E-state index in [9.17, 15) is 9.18 Å². The number of fused-ring (bicyclic) bond motifs is 2. The smallest absolute Gasteiger partial charge is 0.338 e. The lowest BCUT2D eigenvalue weighted by molar-refractivity contribution is -0.0242. The van der Waals surface area contributed by atoms with Crippen molar-refractivity contribution >= 4 is 5.97 Å². The summed E-state index contributed by atoms with van der Waals surface area (Å²) in [6, 6.07) is 6.59. The van der Waals surface area contributed by atoms with Crippen LogP contribution in [0.15, 0.2) is 24.3 Å². The van der Waals surface area contributed by atoms with Gasteiger partial charge < -0.3 is 4.74 Å². The molecule has 0 heterocycles. The Morgan fingerprint density at radius 3 is 2.43 bits per heavy atom. The summed E-state index contributed by atoms with van der Waals surface area (Å²) in [5.41, 5.74) is 1.40. The molecule has 2 fully saturated rings. The first-order chi connectivity index (χ1) is 9.88. The normalized spacial score (nSPS) is 33.1. The molecule has 1 aromatic rings. The highest BCUT2D eigenvalue weighted by Gasteiger charge is 2.62. The third-order valence-electron chi connectivity index (χ3n) is 6.31. The molecule has 1 aromatic carbocycles. The molecule has 3 rings (SSSR count). The summed E-state index contributed by atoms with van der Waals surface area (Å²) < 4.78 is 18.3. The third-order valence-corrected chi connectivity index (χ3v) is 6.31. The minimum Gasteiger partial charge on any atom is -0.458 e. The second kappa shape index (κ2) is 4.82. The fourth-order valence-corrected chi connectivity index (χ4v) is 4.24. The van der Waals surface area contributed by atoms with Crippen molar-refractivity contribution in [2.24, 2.45) is 16.7 Å². The van der Waals surface area contributed by atoms with Crippen LogP contribution in [0, 0.1) is 16.7 Å². The van der Waals surface area contributed by atoms with Crippen molar-refractivity contribution < 1.29 is 13.9 Å². The van der Waals surface area contributed by atoms with Crippen molar-refractivity contribution in [3.8, 4) is 0 Å². The first-order valence-corrected chi connectivity index (χ1v) is 7.74. The molecule has 0 aromatic heterocycles. The van der Waals surface area contributed by atoms with Crippen LogP contribution in [0.5, 0.6) is 0 Å². The number of hydrogen-bond acceptors (Lipinski definition) is 2. The van der Waals surface area contributed by atoms with Gasteiger partial charge in [-0.05, 0) is 48.3 Å². The maximum Gasteiger partial charge on any atom is 0.338 e. The van der Waals surface area contributed by atoms with Crippen molar-refractivity contribution in [1.82, 2.24) is 0 Å². The highest BCUT2D eigenvalue weighted by Crippen LogP contribution is 2.66. The SMILES string of the molecule is CC1(C)C2CCC1(C)C(OC(=O)c1ccc(CF)cc1)C2. The van der Waals surface area contributed by atoms with Gasteiger partial charge in [-0.3, -0.25) is 0 Å². The molecule has 0 saturated heterocycles. The maximum atomic E-state index is 12.5. The molecule has 2 bridgehead atoms. The van der Waals surface area contributed by atoms with E-state index in [1.54, 1.807) is 24.3 Å². The molecule has 2 saturated carbocycles. The molecule has 0 aliphatic heterocycles. The van der Waals surface area contributed by atoms with Crippen molar-refractivity contribution in [3.63, 3.8) is 0 Å². The summed E-state index contributed by atoms with van der Waals surface area (Å²) in [7, 11) is 0. The van der Waals surface area contributed by atoms with Crippen LogP contribution in [-0.2, 0) is 11.4 Å². The number of ether oxygens (including phenoxy) is 1. The molecule has 2 aliphatic rings. The molecule has 0 amide bonds. The molecule has 0 N–H and O–H groups in total. The number of halogens is 1. The second-order valence-corrected chi connectivity index (χ2v) is 7.33. The largest absolute Gasteiger partial charge is 0.458 e. The van der Waals surface area contributed by atoms with E-state index >= 15 is 0 Å². The second-order valence-electron chi connectivity index (χ2n) is 7.33. The molecule has 0 radical (unpaired) electrons. The van der Waals surface area contributed by atoms with Crippen LogP contribution in [0.25, 0.3) is 0 Å². The summed E-state index contributed by atoms with van der Waals surface area (Å²) in [4.78, 5) is 12.3. The van der Waals surface area contributed by atoms with Gasteiger partial charge in [0.15, 0.2) is 0 Å². The Kier molecular flexibility index (Phi) is 3.34. The van der Waals surface area contributed by atoms with Gasteiger partial charge in [0.05, 0.1) is 5.56 Å². The highest BCUT2D eigenvalue weighted by atomic mass is 19.1. The van der Waals surface area contributed by atoms with E-state index in [1.165, 1.54) is 6.42 Å². The molecule has 3 unspecified atom stereocenters. The van der Waals surface area contributed by atoms with Gasteiger partial charge in [-0.25, -0.2) is 9.18 Å². The van der Waals surface area contributed by atoms with Gasteiger partial charge in [-0.2, -0.15) is 0 Å². The van der Waals surface area contributed by atoms with E-state index in [-0.39, 0.29) is 22.9 Å². The molecule has 3 heteroatoms. The van der Waals surface area contributed by atoms with Gasteiger partial charge >= 0.3 is 5.97 Å². The van der Waals surface area contributed by atoms with Crippen LogP contribution in [0.2, 0.25) is 0 Å². The first kappa shape index (κ1) is 14.6. The fourth-order valence-electron chi connectivity index (χ4n) is 4.24. The summed E-state index contributed by atoms with van der Waals surface area (Å²) in [5.74, 6) is 0.365. The molecule has 2 aliphatic carbocycles. The number of alkyl halides is 1. The summed E-state index contributed by atoms with van der Waals surface area (Å²) in [5, 5.41) is 0. The van der Waals surface area contributed by atoms with Crippen LogP contribution in [0.3, 0.4) is 0 Å². The summed E-state index contributed by atoms with van der Waals surface area (Å²) in [6.07, 6.45) is 3.34. The Bertz CT molecular complexity index is 549. The lowest BCUT2D eigenvalue weighted by Gasteiger charge is -2.38. The number of carbonyl (C=O) groups excluding carboxylic acids is 1. The molecule has 114 valence electrons. The van der Waals surface area contributed by atoms with E-state index < -0.39 is 6.67 Å². The number of carbonyl (C=O) groups is 1. The van der Waals surface area contributed by atoms with Crippen LogP contribution in [0.4, 0.5) is 4.39 Å². The molecule has 2 nitrogen and oxygen atoms in total. The van der Waals surface area contributed by atoms with Gasteiger partial charge in [-0.1, -0.05) is 32.9 Å². The number of esters is 1. The zero-order chi connectivity index (χ0) is 15.3. The molecular formula is C18H23FO2. The van der Waals surface area contributed by atoms with E-state index in [2.05, 4.69) is 20.8 Å². The quantitative estimate of drug-likeness (QED) is 0.765. The molecule has 3 atom stereocenters. The average Bonchev–Trinajstić information content (AvgIpc) is 2.80. The topological polar surface area (TPSA) is 26.3 Å². The number of rotatable bonds is 3. The van der Waals surface area contributed by atoms with Gasteiger partial charge in [0.1, 0.15) is 12.8 Å².